The van der Waals surface area contributed by atoms with Gasteiger partial charge >= 0.3 is 0 Å². The van der Waals surface area contributed by atoms with Crippen molar-refractivity contribution in [3.8, 4) is 0 Å². The molecule has 0 aliphatic heterocycles. The lowest BCUT2D eigenvalue weighted by Gasteiger charge is -2.12. The van der Waals surface area contributed by atoms with Crippen molar-refractivity contribution in [2.24, 2.45) is 0 Å². The average Bonchev–Trinajstić information content (AvgIpc) is 2.44. The Morgan fingerprint density at radius 1 is 0.826 bits per heavy atom. The molecule has 0 fully saturated rings. The standard InChI is InChI=1S/C15H16O6S2/c1-10-3-5-14(22(16,17)18)12(7-10)9-13-8-11(2)4-6-15(13)23(19,20)21/h3-8H,9H2,1-2H3,(H,16,17,18)(H,19,20,21)/i9D2. The molecule has 0 aromatic heterocycles. The molecular weight excluding hydrogens is 340 g/mol. The van der Waals surface area contributed by atoms with Gasteiger partial charge in [0.05, 0.1) is 9.79 Å². The highest BCUT2D eigenvalue weighted by Crippen LogP contribution is 2.25. The van der Waals surface area contributed by atoms with Crippen LogP contribution >= 0.6 is 0 Å². The maximum absolute atomic E-state index is 11.6. The van der Waals surface area contributed by atoms with Crippen LogP contribution in [0.4, 0.5) is 0 Å². The molecule has 0 radical (unpaired) electrons. The third kappa shape index (κ3) is 4.17. The van der Waals surface area contributed by atoms with Crippen molar-refractivity contribution in [3.63, 3.8) is 0 Å². The van der Waals surface area contributed by atoms with Gasteiger partial charge in [-0.2, -0.15) is 16.8 Å². The van der Waals surface area contributed by atoms with Crippen molar-refractivity contribution in [3.05, 3.63) is 58.7 Å². The van der Waals surface area contributed by atoms with E-state index in [9.17, 15) is 25.9 Å². The van der Waals surface area contributed by atoms with Gasteiger partial charge in [0.25, 0.3) is 20.2 Å². The van der Waals surface area contributed by atoms with Gasteiger partial charge in [-0.05, 0) is 37.1 Å². The molecule has 8 heteroatoms. The molecule has 0 heterocycles. The fraction of sp³-hybridized carbons (Fsp3) is 0.200. The molecule has 6 nitrogen and oxygen atoms in total. The normalized spacial score (nSPS) is 14.3. The lowest BCUT2D eigenvalue weighted by molar-refractivity contribution is 0.481. The highest BCUT2D eigenvalue weighted by Gasteiger charge is 2.20. The minimum Gasteiger partial charge on any atom is -0.282 e. The van der Waals surface area contributed by atoms with Crippen LogP contribution in [0.1, 0.15) is 25.0 Å². The summed E-state index contributed by atoms with van der Waals surface area (Å²) < 4.78 is 82.0. The fourth-order valence-electron chi connectivity index (χ4n) is 2.08. The Bertz CT molecular complexity index is 960. The van der Waals surface area contributed by atoms with Crippen molar-refractivity contribution in [2.75, 3.05) is 0 Å². The van der Waals surface area contributed by atoms with Crippen LogP contribution in [0, 0.1) is 13.8 Å². The minimum absolute atomic E-state index is 0.425. The van der Waals surface area contributed by atoms with E-state index in [0.717, 1.165) is 12.1 Å². The van der Waals surface area contributed by atoms with Crippen LogP contribution in [-0.2, 0) is 26.6 Å². The molecule has 0 aliphatic rings. The van der Waals surface area contributed by atoms with E-state index >= 15 is 0 Å². The summed E-state index contributed by atoms with van der Waals surface area (Å²) in [6.45, 7) is 3.18. The number of benzene rings is 2. The van der Waals surface area contributed by atoms with E-state index in [1.807, 2.05) is 0 Å². The second-order valence-electron chi connectivity index (χ2n) is 5.07. The predicted octanol–water partition coefficient (Wildman–Crippen LogP) is 2.39. The molecule has 2 N–H and O–H groups in total. The fourth-order valence-corrected chi connectivity index (χ4v) is 3.33. The quantitative estimate of drug-likeness (QED) is 0.812. The van der Waals surface area contributed by atoms with Crippen LogP contribution in [-0.4, -0.2) is 25.9 Å². The second-order valence-corrected chi connectivity index (χ2v) is 7.85. The van der Waals surface area contributed by atoms with Gasteiger partial charge in [0.15, 0.2) is 0 Å². The van der Waals surface area contributed by atoms with Gasteiger partial charge in [-0.1, -0.05) is 35.4 Å². The lowest BCUT2D eigenvalue weighted by Crippen LogP contribution is -2.08. The molecule has 2 aromatic carbocycles. The number of hydrogen-bond acceptors (Lipinski definition) is 4. The van der Waals surface area contributed by atoms with Crippen LogP contribution < -0.4 is 0 Å². The van der Waals surface area contributed by atoms with Crippen LogP contribution in [0.3, 0.4) is 0 Å². The zero-order chi connectivity index (χ0) is 19.2. The zero-order valence-electron chi connectivity index (χ0n) is 14.3. The molecule has 0 spiro atoms. The minimum atomic E-state index is -4.75. The highest BCUT2D eigenvalue weighted by molar-refractivity contribution is 7.86. The van der Waals surface area contributed by atoms with Crippen molar-refractivity contribution in [1.82, 2.24) is 0 Å². The van der Waals surface area contributed by atoms with Gasteiger partial charge in [0, 0.05) is 9.11 Å². The Labute approximate surface area is 138 Å². The van der Waals surface area contributed by atoms with Crippen LogP contribution in [0.2, 0.25) is 0 Å². The third-order valence-corrected chi connectivity index (χ3v) is 4.92. The molecule has 0 amide bonds. The Hall–Kier alpha value is -1.74. The van der Waals surface area contributed by atoms with E-state index in [1.54, 1.807) is 13.8 Å². The van der Waals surface area contributed by atoms with Crippen LogP contribution in [0.25, 0.3) is 0 Å². The maximum atomic E-state index is 11.6. The summed E-state index contributed by atoms with van der Waals surface area (Å²) in [5, 5.41) is 0. The molecule has 124 valence electrons. The van der Waals surface area contributed by atoms with Gasteiger partial charge < -0.3 is 0 Å². The van der Waals surface area contributed by atoms with Crippen LogP contribution in [0.5, 0.6) is 0 Å². The molecule has 23 heavy (non-hydrogen) atoms. The SMILES string of the molecule is [2H]C([2H])(c1cc(C)ccc1S(=O)(=O)O)c1cc(C)ccc1S(=O)(=O)O. The molecule has 0 bridgehead atoms. The van der Waals surface area contributed by atoms with Crippen molar-refractivity contribution in [1.29, 1.82) is 0 Å². The summed E-state index contributed by atoms with van der Waals surface area (Å²) >= 11 is 0. The number of aryl methyl sites for hydroxylation is 2. The molecule has 0 saturated heterocycles. The summed E-state index contributed by atoms with van der Waals surface area (Å²) in [6, 6.07) is 7.26. The molecule has 0 unspecified atom stereocenters. The van der Waals surface area contributed by atoms with Gasteiger partial charge in [-0.25, -0.2) is 0 Å². The first-order chi connectivity index (χ1) is 11.2. The zero-order valence-corrected chi connectivity index (χ0v) is 13.9. The van der Waals surface area contributed by atoms with E-state index in [-0.39, 0.29) is 0 Å². The number of hydrogen-bond donors (Lipinski definition) is 2. The van der Waals surface area contributed by atoms with Gasteiger partial charge in [0.2, 0.25) is 0 Å². The largest absolute Gasteiger partial charge is 0.294 e. The van der Waals surface area contributed by atoms with Crippen molar-refractivity contribution in [2.45, 2.75) is 30.0 Å². The number of rotatable bonds is 4. The Morgan fingerprint density at radius 2 is 1.17 bits per heavy atom. The monoisotopic (exact) mass is 358 g/mol. The first kappa shape index (κ1) is 14.8. The summed E-state index contributed by atoms with van der Waals surface area (Å²) in [6.07, 6.45) is -2.62. The van der Waals surface area contributed by atoms with Crippen molar-refractivity contribution < 1.29 is 28.7 Å². The van der Waals surface area contributed by atoms with Crippen molar-refractivity contribution >= 4 is 20.2 Å². The molecule has 0 atom stereocenters. The third-order valence-electron chi connectivity index (χ3n) is 3.10. The Balaban J connectivity index is 2.91. The maximum Gasteiger partial charge on any atom is 0.294 e. The second kappa shape index (κ2) is 6.04. The van der Waals surface area contributed by atoms with E-state index in [4.69, 9.17) is 2.74 Å². The average molecular weight is 358 g/mol. The lowest BCUT2D eigenvalue weighted by atomic mass is 10.0. The topological polar surface area (TPSA) is 109 Å². The molecule has 0 aliphatic carbocycles. The summed E-state index contributed by atoms with van der Waals surface area (Å²) in [5.74, 6) is 0. The predicted molar refractivity (Wildman–Crippen MR) is 84.8 cm³/mol. The molecule has 2 aromatic rings. The first-order valence-electron chi connectivity index (χ1n) is 7.42. The van der Waals surface area contributed by atoms with Gasteiger partial charge in [-0.3, -0.25) is 9.11 Å². The summed E-state index contributed by atoms with van der Waals surface area (Å²) in [7, 11) is -9.50. The van der Waals surface area contributed by atoms with E-state index in [2.05, 4.69) is 0 Å². The smallest absolute Gasteiger partial charge is 0.282 e. The Morgan fingerprint density at radius 3 is 1.48 bits per heavy atom. The van der Waals surface area contributed by atoms with Crippen LogP contribution in [0.15, 0.2) is 46.2 Å². The van der Waals surface area contributed by atoms with E-state index in [0.29, 0.717) is 11.1 Å². The van der Waals surface area contributed by atoms with E-state index in [1.165, 1.54) is 24.3 Å². The highest BCUT2D eigenvalue weighted by atomic mass is 32.2. The van der Waals surface area contributed by atoms with Gasteiger partial charge in [0.1, 0.15) is 0 Å². The molecule has 0 saturated carbocycles. The Kier molecular flexibility index (Phi) is 3.90. The molecular formula is C15H16O6S2. The molecule has 2 rings (SSSR count). The van der Waals surface area contributed by atoms with Gasteiger partial charge in [-0.15, -0.1) is 0 Å². The van der Waals surface area contributed by atoms with E-state index < -0.39 is 47.5 Å². The first-order valence-corrected chi connectivity index (χ1v) is 9.30. The summed E-state index contributed by atoms with van der Waals surface area (Å²) in [4.78, 5) is -1.35. The summed E-state index contributed by atoms with van der Waals surface area (Å²) in [5.41, 5.74) is 0.163.